The number of carboxylic acid groups (broad SMARTS) is 1. The molecule has 0 aromatic heterocycles. The molecule has 0 unspecified atom stereocenters. The lowest BCUT2D eigenvalue weighted by Crippen LogP contribution is -2.41. The summed E-state index contributed by atoms with van der Waals surface area (Å²) in [5, 5.41) is 11.0. The summed E-state index contributed by atoms with van der Waals surface area (Å²) in [6, 6.07) is 3.40. The van der Waals surface area contributed by atoms with Crippen molar-refractivity contribution in [1.82, 2.24) is 4.72 Å². The minimum atomic E-state index is -3.79. The van der Waals surface area contributed by atoms with E-state index in [2.05, 4.69) is 17.0 Å². The zero-order valence-corrected chi connectivity index (χ0v) is 15.3. The van der Waals surface area contributed by atoms with Gasteiger partial charge < -0.3 is 10.4 Å². The number of carbonyl (C=O) groups excluding carboxylic acids is 1. The average molecular weight is 386 g/mol. The number of amides is 1. The van der Waals surface area contributed by atoms with Gasteiger partial charge in [-0.3, -0.25) is 9.59 Å². The number of rotatable bonds is 7. The molecule has 0 aliphatic heterocycles. The number of benzene rings is 1. The summed E-state index contributed by atoms with van der Waals surface area (Å²) in [6.45, 7) is 2.12. The molecule has 0 radical (unpaired) electrons. The Morgan fingerprint density at radius 3 is 2.46 bits per heavy atom. The lowest BCUT2D eigenvalue weighted by atomic mass is 9.88. The predicted molar refractivity (Wildman–Crippen MR) is 94.7 cm³/mol. The molecule has 1 saturated carbocycles. The van der Waals surface area contributed by atoms with E-state index < -0.39 is 39.9 Å². The molecule has 3 N–H and O–H groups in total. The molecular formula is C17H23FN2O5S. The Morgan fingerprint density at radius 2 is 1.88 bits per heavy atom. The Labute approximate surface area is 152 Å². The highest BCUT2D eigenvalue weighted by Crippen LogP contribution is 2.24. The Morgan fingerprint density at radius 1 is 1.23 bits per heavy atom. The van der Waals surface area contributed by atoms with E-state index in [1.54, 1.807) is 0 Å². The molecule has 1 aromatic carbocycles. The standard InChI is InChI=1S/C17H23FN2O5S/c1-11-2-5-13(6-3-11)20-26(24,25)10-16(21)19-14-7-4-12(8-17(22)23)15(18)9-14/h4,7,9,11,13,20H,2-3,5-6,8,10H2,1H3,(H,19,21)(H,22,23). The van der Waals surface area contributed by atoms with Crippen LogP contribution in [0, 0.1) is 11.7 Å². The van der Waals surface area contributed by atoms with Gasteiger partial charge in [0, 0.05) is 11.7 Å². The highest BCUT2D eigenvalue weighted by atomic mass is 32.2. The van der Waals surface area contributed by atoms with E-state index in [0.29, 0.717) is 5.92 Å². The molecule has 0 atom stereocenters. The van der Waals surface area contributed by atoms with Gasteiger partial charge in [-0.2, -0.15) is 0 Å². The summed E-state index contributed by atoms with van der Waals surface area (Å²) in [7, 11) is -3.79. The van der Waals surface area contributed by atoms with Crippen LogP contribution in [-0.2, 0) is 26.0 Å². The second-order valence-corrected chi connectivity index (χ2v) is 8.51. The van der Waals surface area contributed by atoms with Gasteiger partial charge in [0.2, 0.25) is 15.9 Å². The average Bonchev–Trinajstić information content (AvgIpc) is 2.51. The van der Waals surface area contributed by atoms with E-state index >= 15 is 0 Å². The van der Waals surface area contributed by atoms with Crippen LogP contribution in [0.2, 0.25) is 0 Å². The summed E-state index contributed by atoms with van der Waals surface area (Å²) < 4.78 is 40.6. The molecule has 144 valence electrons. The number of sulfonamides is 1. The molecule has 0 bridgehead atoms. The minimum absolute atomic E-state index is 0.0173. The number of nitrogens with one attached hydrogen (secondary N) is 2. The van der Waals surface area contributed by atoms with E-state index in [4.69, 9.17) is 5.11 Å². The third-order valence-electron chi connectivity index (χ3n) is 4.36. The number of carbonyl (C=O) groups is 2. The molecular weight excluding hydrogens is 363 g/mol. The van der Waals surface area contributed by atoms with Crippen molar-refractivity contribution in [2.24, 2.45) is 5.92 Å². The predicted octanol–water partition coefficient (Wildman–Crippen LogP) is 1.89. The number of hydrogen-bond acceptors (Lipinski definition) is 4. The van der Waals surface area contributed by atoms with Gasteiger partial charge >= 0.3 is 5.97 Å². The van der Waals surface area contributed by atoms with Crippen LogP contribution >= 0.6 is 0 Å². The lowest BCUT2D eigenvalue weighted by molar-refractivity contribution is -0.136. The first-order chi connectivity index (χ1) is 12.1. The summed E-state index contributed by atoms with van der Waals surface area (Å²) in [4.78, 5) is 22.6. The molecule has 0 spiro atoms. The van der Waals surface area contributed by atoms with E-state index in [1.165, 1.54) is 12.1 Å². The van der Waals surface area contributed by atoms with Crippen LogP contribution < -0.4 is 10.0 Å². The fourth-order valence-electron chi connectivity index (χ4n) is 2.97. The number of hydrogen-bond donors (Lipinski definition) is 3. The number of halogens is 1. The molecule has 7 nitrogen and oxygen atoms in total. The second-order valence-electron chi connectivity index (χ2n) is 6.76. The van der Waals surface area contributed by atoms with Gasteiger partial charge in [0.1, 0.15) is 11.6 Å². The van der Waals surface area contributed by atoms with Gasteiger partial charge in [-0.05, 0) is 49.3 Å². The molecule has 2 rings (SSSR count). The molecule has 1 fully saturated rings. The summed E-state index contributed by atoms with van der Waals surface area (Å²) in [5.74, 6) is -2.90. The van der Waals surface area contributed by atoms with Crippen LogP contribution in [0.4, 0.5) is 10.1 Å². The topological polar surface area (TPSA) is 113 Å². The minimum Gasteiger partial charge on any atom is -0.481 e. The van der Waals surface area contributed by atoms with Crippen molar-refractivity contribution in [3.8, 4) is 0 Å². The van der Waals surface area contributed by atoms with Crippen molar-refractivity contribution < 1.29 is 27.5 Å². The Kier molecular flexibility index (Phi) is 6.71. The second kappa shape index (κ2) is 8.59. The van der Waals surface area contributed by atoms with Crippen LogP contribution in [0.25, 0.3) is 0 Å². The fourth-order valence-corrected chi connectivity index (χ4v) is 4.22. The molecule has 0 saturated heterocycles. The summed E-state index contributed by atoms with van der Waals surface area (Å²) >= 11 is 0. The van der Waals surface area contributed by atoms with E-state index in [0.717, 1.165) is 31.7 Å². The van der Waals surface area contributed by atoms with Gasteiger partial charge in [0.25, 0.3) is 0 Å². The maximum Gasteiger partial charge on any atom is 0.307 e. The smallest absolute Gasteiger partial charge is 0.307 e. The SMILES string of the molecule is CC1CCC(NS(=O)(=O)CC(=O)Nc2ccc(CC(=O)O)c(F)c2)CC1. The van der Waals surface area contributed by atoms with Gasteiger partial charge in [0.15, 0.2) is 0 Å². The van der Waals surface area contributed by atoms with Crippen LogP contribution in [0.15, 0.2) is 18.2 Å². The summed E-state index contributed by atoms with van der Waals surface area (Å²) in [6.07, 6.45) is 2.91. The van der Waals surface area contributed by atoms with E-state index in [1.807, 2.05) is 0 Å². The third kappa shape index (κ3) is 6.38. The maximum atomic E-state index is 13.8. The number of anilines is 1. The highest BCUT2D eigenvalue weighted by Gasteiger charge is 2.24. The largest absolute Gasteiger partial charge is 0.481 e. The van der Waals surface area contributed by atoms with Crippen molar-refractivity contribution in [2.45, 2.75) is 45.1 Å². The fraction of sp³-hybridized carbons (Fsp3) is 0.529. The zero-order valence-electron chi connectivity index (χ0n) is 14.5. The van der Waals surface area contributed by atoms with Crippen LogP contribution in [0.1, 0.15) is 38.2 Å². The molecule has 26 heavy (non-hydrogen) atoms. The number of aliphatic carboxylic acids is 1. The maximum absolute atomic E-state index is 13.8. The highest BCUT2D eigenvalue weighted by molar-refractivity contribution is 7.90. The Bertz CT molecular complexity index is 773. The van der Waals surface area contributed by atoms with Crippen molar-refractivity contribution in [3.05, 3.63) is 29.6 Å². The van der Waals surface area contributed by atoms with E-state index in [9.17, 15) is 22.4 Å². The summed E-state index contributed by atoms with van der Waals surface area (Å²) in [5.41, 5.74) is 0.0552. The first kappa shape index (κ1) is 20.3. The molecule has 1 aliphatic carbocycles. The molecule has 1 aliphatic rings. The normalized spacial score (nSPS) is 20.5. The van der Waals surface area contributed by atoms with Crippen molar-refractivity contribution in [3.63, 3.8) is 0 Å². The van der Waals surface area contributed by atoms with Crippen LogP contribution in [-0.4, -0.2) is 37.2 Å². The Balaban J connectivity index is 1.91. The van der Waals surface area contributed by atoms with E-state index in [-0.39, 0.29) is 17.3 Å². The first-order valence-electron chi connectivity index (χ1n) is 8.44. The van der Waals surface area contributed by atoms with Crippen molar-refractivity contribution in [2.75, 3.05) is 11.1 Å². The first-order valence-corrected chi connectivity index (χ1v) is 10.1. The van der Waals surface area contributed by atoms with Crippen molar-refractivity contribution >= 4 is 27.6 Å². The monoisotopic (exact) mass is 386 g/mol. The molecule has 0 heterocycles. The lowest BCUT2D eigenvalue weighted by Gasteiger charge is -2.26. The van der Waals surface area contributed by atoms with Crippen LogP contribution in [0.5, 0.6) is 0 Å². The Hall–Kier alpha value is -2.00. The number of carboxylic acids is 1. The van der Waals surface area contributed by atoms with Crippen molar-refractivity contribution in [1.29, 1.82) is 0 Å². The molecule has 9 heteroatoms. The van der Waals surface area contributed by atoms with Gasteiger partial charge in [0.05, 0.1) is 6.42 Å². The molecule has 1 aromatic rings. The van der Waals surface area contributed by atoms with Crippen LogP contribution in [0.3, 0.4) is 0 Å². The quantitative estimate of drug-likeness (QED) is 0.662. The zero-order chi connectivity index (χ0) is 19.3. The van der Waals surface area contributed by atoms with Gasteiger partial charge in [-0.1, -0.05) is 13.0 Å². The molecule has 1 amide bonds. The van der Waals surface area contributed by atoms with Gasteiger partial charge in [-0.15, -0.1) is 0 Å². The third-order valence-corrected chi connectivity index (χ3v) is 5.70. The van der Waals surface area contributed by atoms with Gasteiger partial charge in [-0.25, -0.2) is 17.5 Å².